The van der Waals surface area contributed by atoms with E-state index in [9.17, 15) is 18.0 Å². The monoisotopic (exact) mass is 2720 g/mol. The number of carboxylic acid groups (broad SMARTS) is 1. The van der Waals surface area contributed by atoms with Crippen LogP contribution in [0.3, 0.4) is 0 Å². The Morgan fingerprint density at radius 3 is 1.07 bits per heavy atom. The molecule has 1 N–H and O–H groups in total. The summed E-state index contributed by atoms with van der Waals surface area (Å²) < 4.78 is 36.6. The van der Waals surface area contributed by atoms with Crippen molar-refractivity contribution in [1.82, 2.24) is 167 Å². The predicted octanol–water partition coefficient (Wildman–Crippen LogP) is 14.2. The molecule has 136 heavy (non-hydrogen) atoms. The fourth-order valence-corrected chi connectivity index (χ4v) is 13.3. The number of rotatable bonds is 10. The summed E-state index contributed by atoms with van der Waals surface area (Å²) in [5.41, 5.74) is 18.8. The van der Waals surface area contributed by atoms with Gasteiger partial charge in [-0.25, -0.2) is 9.78 Å². The first-order valence-corrected chi connectivity index (χ1v) is 40.4. The first kappa shape index (κ1) is 108. The van der Waals surface area contributed by atoms with E-state index in [1.807, 2.05) is 144 Å². The van der Waals surface area contributed by atoms with Gasteiger partial charge in [-0.2, -0.15) is 13.2 Å². The van der Waals surface area contributed by atoms with E-state index in [0.29, 0.717) is 40.6 Å². The largest absolute Gasteiger partial charge is 2.00 e. The van der Waals surface area contributed by atoms with Gasteiger partial charge in [0, 0.05) is 181 Å². The van der Waals surface area contributed by atoms with Crippen LogP contribution in [0.4, 0.5) is 13.2 Å². The number of carbonyl (C=O) groups is 1. The van der Waals surface area contributed by atoms with E-state index in [2.05, 4.69) is 218 Å². The Morgan fingerprint density at radius 1 is 0.368 bits per heavy atom. The zero-order chi connectivity index (χ0) is 92.1. The Balaban J connectivity index is 0.000000187. The fraction of sp³-hybridized carbons (Fsp3) is 0.172. The summed E-state index contributed by atoms with van der Waals surface area (Å²) in [7, 11) is 0. The Bertz CT molecular complexity index is 6130. The van der Waals surface area contributed by atoms with Crippen LogP contribution < -0.4 is 45.9 Å². The minimum absolute atomic E-state index is 0. The van der Waals surface area contributed by atoms with Gasteiger partial charge >= 0.3 is 96.4 Å². The number of aromatic carboxylic acids is 1. The Labute approximate surface area is 850 Å². The molecule has 2 aliphatic carbocycles. The molecule has 0 spiro atoms. The average Bonchev–Trinajstić information content (AvgIpc) is 1.52. The minimum atomic E-state index is -4.46. The summed E-state index contributed by atoms with van der Waals surface area (Å²) in [4.78, 5) is 71.0. The van der Waals surface area contributed by atoms with Crippen LogP contribution in [0.25, 0.3) is 114 Å². The molecule has 43 heteroatoms. The number of fused-ring (bicyclic) bond motifs is 6. The number of pyridine rings is 7. The molecule has 2 unspecified atom stereocenters. The van der Waals surface area contributed by atoms with Gasteiger partial charge in [0.1, 0.15) is 11.4 Å². The number of benzene rings is 1. The Hall–Kier alpha value is -13.8. The summed E-state index contributed by atoms with van der Waals surface area (Å²) in [6.07, 6.45) is 24.5. The first-order chi connectivity index (χ1) is 63.4. The minimum Gasteiger partial charge on any atom is -0.574 e. The maximum atomic E-state index is 12.2. The van der Waals surface area contributed by atoms with Gasteiger partial charge in [-0.15, -0.1) is 0 Å². The van der Waals surface area contributed by atoms with Crippen molar-refractivity contribution < 1.29 is 128 Å². The summed E-state index contributed by atoms with van der Waals surface area (Å²) in [6.45, 7) is 20.3. The number of aryl methyl sites for hydroxylation is 7. The van der Waals surface area contributed by atoms with Gasteiger partial charge in [0.15, 0.2) is 0 Å². The zero-order valence-electron chi connectivity index (χ0n) is 73.8. The standard InChI is InChI=1S/C20H20N3.C9H5F3N3.3C9H8N3.3C8H7N4.C7H6N5.C6H5NO2.5Pt/c1-19(2)14-8-10-20(19,3)18-15(14)17(22-23-18)16-13-7-5-4-6-12(13)9-11-21-16;10-9(11,12)8-5-7(14-15-8)6-3-1-2-4-13-6;3*1-7-6-9(12-11-7)8-4-2-3-5-10-8;2*1-6-4-7(12-11-6)8-5-9-2-3-10-8;1-6-10-8(12-11-6)7-4-2-3-5-9-7;1-5-10-7(12-11-5)6-4-8-2-3-9-6;8-6(9)5-3-1-2-4-7-5;;;;;/h4-7,9,11,14H,8,10H2,1-3H3;1-5H;3*2-6H,1H3;3*2-5H,1H3;2-4H,1H3;1-4H,(H,8,9);;;;;/q9*-1;;;4*+2. The molecule has 2 aliphatic rings. The summed E-state index contributed by atoms with van der Waals surface area (Å²) in [5.74, 6) is 2.00. The molecule has 1 aromatic carbocycles. The molecule has 19 aromatic heterocycles. The molecule has 2 atom stereocenters. The number of hydrogen-bond acceptors (Lipinski definition) is 25. The van der Waals surface area contributed by atoms with Crippen LogP contribution in [0.5, 0.6) is 0 Å². The molecular weight excluding hydrogens is 2640 g/mol. The maximum Gasteiger partial charge on any atom is 2.00 e. The molecule has 0 saturated heterocycles. The van der Waals surface area contributed by atoms with E-state index in [1.165, 1.54) is 53.3 Å². The van der Waals surface area contributed by atoms with Crippen LogP contribution in [-0.2, 0) is 117 Å². The fourth-order valence-electron chi connectivity index (χ4n) is 13.3. The predicted molar refractivity (Wildman–Crippen MR) is 476 cm³/mol. The molecule has 20 aromatic rings. The topological polar surface area (TPSA) is 474 Å². The molecule has 22 rings (SSSR count). The number of halogens is 3. The van der Waals surface area contributed by atoms with Gasteiger partial charge in [-0.3, -0.25) is 70.0 Å². The van der Waals surface area contributed by atoms with Gasteiger partial charge in [0.2, 0.25) is 0 Å². The number of carboxylic acids is 1. The van der Waals surface area contributed by atoms with Crippen molar-refractivity contribution in [3.63, 3.8) is 0 Å². The molecule has 19 heterocycles. The second-order valence-electron chi connectivity index (χ2n) is 29.5. The van der Waals surface area contributed by atoms with Crippen molar-refractivity contribution in [3.05, 3.63) is 338 Å². The summed E-state index contributed by atoms with van der Waals surface area (Å²) in [6, 6.07) is 53.4. The molecule has 2 bridgehead atoms. The Morgan fingerprint density at radius 2 is 0.728 bits per heavy atom. The molecule has 35 nitrogen and oxygen atoms in total. The molecule has 702 valence electrons. The third kappa shape index (κ3) is 29.4. The van der Waals surface area contributed by atoms with Gasteiger partial charge in [-0.1, -0.05) is 152 Å². The van der Waals surface area contributed by atoms with E-state index in [-0.39, 0.29) is 128 Å². The normalized spacial score (nSPS) is 12.8. The van der Waals surface area contributed by atoms with Gasteiger partial charge in [0.05, 0.1) is 47.1 Å². The Kier molecular flexibility index (Phi) is 41.3. The van der Waals surface area contributed by atoms with Crippen LogP contribution in [0, 0.1) is 53.9 Å². The van der Waals surface area contributed by atoms with E-state index >= 15 is 0 Å². The van der Waals surface area contributed by atoms with Crippen molar-refractivity contribution in [1.29, 1.82) is 0 Å². The van der Waals surface area contributed by atoms with Crippen molar-refractivity contribution in [2.45, 2.75) is 99.6 Å². The number of aromatic nitrogens is 33. The summed E-state index contributed by atoms with van der Waals surface area (Å²) >= 11 is 0. The van der Waals surface area contributed by atoms with Crippen LogP contribution in [0.2, 0.25) is 0 Å². The number of hydrogen-bond donors (Lipinski definition) is 1. The second kappa shape index (κ2) is 52.2. The van der Waals surface area contributed by atoms with E-state index < -0.39 is 17.8 Å². The quantitative estimate of drug-likeness (QED) is 0.133. The smallest absolute Gasteiger partial charge is 0.574 e. The number of nitrogens with zero attached hydrogens (tertiary/aromatic N) is 33. The molecule has 1 fully saturated rings. The number of alkyl halides is 3. The van der Waals surface area contributed by atoms with Crippen molar-refractivity contribution in [3.8, 4) is 103 Å². The van der Waals surface area contributed by atoms with Gasteiger partial charge in [-0.05, 0) is 180 Å². The van der Waals surface area contributed by atoms with E-state index in [4.69, 9.17) is 5.11 Å². The first-order valence-electron chi connectivity index (χ1n) is 40.4. The van der Waals surface area contributed by atoms with Gasteiger partial charge in [0.25, 0.3) is 0 Å². The molecule has 1 saturated carbocycles. The maximum absolute atomic E-state index is 12.2. The molecule has 0 radical (unpaired) electrons. The van der Waals surface area contributed by atoms with Crippen LogP contribution >= 0.6 is 0 Å². The summed E-state index contributed by atoms with van der Waals surface area (Å²) in [5, 5.41) is 80.9. The average molecular weight is 2730 g/mol. The molecular formula is C93H81F3N33O2Pt5-. The van der Waals surface area contributed by atoms with Crippen molar-refractivity contribution in [2.75, 3.05) is 0 Å². The van der Waals surface area contributed by atoms with E-state index in [1.54, 1.807) is 125 Å². The zero-order valence-corrected chi connectivity index (χ0v) is 85.2. The molecule has 0 aliphatic heterocycles. The van der Waals surface area contributed by atoms with E-state index in [0.717, 1.165) is 109 Å². The van der Waals surface area contributed by atoms with Crippen LogP contribution in [0.15, 0.2) is 275 Å². The van der Waals surface area contributed by atoms with Crippen molar-refractivity contribution >= 4 is 16.7 Å². The van der Waals surface area contributed by atoms with Crippen molar-refractivity contribution in [2.24, 2.45) is 5.41 Å². The second-order valence-corrected chi connectivity index (χ2v) is 29.5. The SMILES string of the molecule is CC12CCC(c3c1n[n-]c3-c1nccc3ccccc13)C2(C)C.Cc1cc(-c2ccccn2)[n-]n1.Cc1cc(-c2ccccn2)[n-]n1.Cc1cc(-c2ccccn2)[n-]n1.Cc1cc(-c2cnccn2)[n-]n1.Cc1cc(-c2cnccn2)[n-]n1.Cc1n[n-]c(-c2ccccn2)n1.Cc1n[n-]c(-c2cnccn2)n1.FC(F)(F)c1cc(-c2ccccn2)[n-]n1.O=C(O)c1ccccn1.[Pt+2].[Pt+2].[Pt+2].[Pt+2].[Pt]. The third-order valence-electron chi connectivity index (χ3n) is 19.9. The third-order valence-corrected chi connectivity index (χ3v) is 19.9. The molecule has 0 amide bonds. The van der Waals surface area contributed by atoms with Crippen LogP contribution in [-0.4, -0.2) is 132 Å². The van der Waals surface area contributed by atoms with Gasteiger partial charge < -0.3 is 96.7 Å². The van der Waals surface area contributed by atoms with Crippen LogP contribution in [0.1, 0.15) is 107 Å².